The zero-order chi connectivity index (χ0) is 45.5. The molecule has 1 unspecified atom stereocenters. The van der Waals surface area contributed by atoms with E-state index in [2.05, 4.69) is 32.8 Å². The third-order valence-corrected chi connectivity index (χ3v) is 12.1. The molecule has 0 radical (unpaired) electrons. The molecule has 1 aliphatic carbocycles. The second-order valence-corrected chi connectivity index (χ2v) is 16.8. The maximum absolute atomic E-state index is 14.6. The molecule has 0 spiro atoms. The maximum atomic E-state index is 14.6. The molecule has 4 heterocycles. The van der Waals surface area contributed by atoms with Crippen LogP contribution in [-0.2, 0) is 44.6 Å². The molecule has 2 fully saturated rings. The first-order valence-electron chi connectivity index (χ1n) is 21.2. The summed E-state index contributed by atoms with van der Waals surface area (Å²) in [6.45, 7) is 7.46. The summed E-state index contributed by atoms with van der Waals surface area (Å²) in [6, 6.07) is 9.58. The average Bonchev–Trinajstić information content (AvgIpc) is 3.89. The van der Waals surface area contributed by atoms with E-state index in [1.807, 2.05) is 23.6 Å². The molecule has 5 amide bonds. The van der Waals surface area contributed by atoms with Crippen LogP contribution in [-0.4, -0.2) is 109 Å². The van der Waals surface area contributed by atoms with Crippen molar-refractivity contribution in [1.29, 1.82) is 0 Å². The van der Waals surface area contributed by atoms with Crippen LogP contribution in [0.25, 0.3) is 0 Å². The molecule has 19 heteroatoms. The number of pyridine rings is 1. The van der Waals surface area contributed by atoms with Gasteiger partial charge in [-0.1, -0.05) is 30.3 Å². The number of amides is 5. The molecule has 16 nitrogen and oxygen atoms in total. The molecule has 342 valence electrons. The van der Waals surface area contributed by atoms with Gasteiger partial charge in [0.25, 0.3) is 5.91 Å². The number of aromatic nitrogens is 2. The molecular formula is C45H53ClFN7O9S. The number of carbonyl (C=O) groups excluding carboxylic acids is 5. The minimum atomic E-state index is -0.772. The van der Waals surface area contributed by atoms with E-state index in [1.54, 1.807) is 31.3 Å². The van der Waals surface area contributed by atoms with Gasteiger partial charge in [-0.15, -0.1) is 11.3 Å². The molecule has 1 aromatic carbocycles. The first-order valence-corrected chi connectivity index (χ1v) is 22.4. The zero-order valence-electron chi connectivity index (χ0n) is 35.6. The number of carbonyl (C=O) groups is 5. The van der Waals surface area contributed by atoms with E-state index in [-0.39, 0.29) is 99.3 Å². The fourth-order valence-electron chi connectivity index (χ4n) is 7.69. The molecule has 1 saturated carbocycles. The highest BCUT2D eigenvalue weighted by atomic mass is 35.5. The largest absolute Gasteiger partial charge is 0.487 e. The van der Waals surface area contributed by atoms with Gasteiger partial charge in [-0.2, -0.15) is 0 Å². The zero-order valence-corrected chi connectivity index (χ0v) is 37.2. The maximum Gasteiger partial charge on any atom is 0.250 e. The van der Waals surface area contributed by atoms with Crippen molar-refractivity contribution >= 4 is 63.4 Å². The SMILES string of the molecule is C=C/C(=C\C1=C(C)C(=O)N(C2CCC(=O)NC2=O)C1)NC(=O)CCOCCOCCOCCNC(=O)[C@]1(Cc2cccc(Nc3nccs3)n2)CC[C@@H](Oc2cccc(Cl)c2F)CC1. The number of nitrogens with zero attached hydrogens (tertiary/aromatic N) is 3. The Morgan fingerprint density at radius 2 is 1.77 bits per heavy atom. The van der Waals surface area contributed by atoms with E-state index in [0.29, 0.717) is 73.1 Å². The standard InChI is InChI=1S/C45H53ClFN7O9S/c1-3-31(26-30-28-54(42(58)29(30)2)35-10-11-38(55)53-41(35)57)51-39(56)14-19-60-21-23-62-24-22-61-20-17-48-43(59)45(27-32-6-4-9-37(50-32)52-44-49-18-25-64-44)15-12-33(13-16-45)63-36-8-5-7-34(46)40(36)47/h3-9,18,25-26,33,35H,1,10-17,19-24,27-28H2,2H3,(H,48,59)(H,51,56)(H,49,50,52)(H,53,55,57)/b31-26+/t33-,35?,45-. The Balaban J connectivity index is 0.867. The van der Waals surface area contributed by atoms with E-state index < -0.39 is 23.2 Å². The molecule has 64 heavy (non-hydrogen) atoms. The smallest absolute Gasteiger partial charge is 0.250 e. The number of thiazole rings is 1. The molecule has 0 bridgehead atoms. The van der Waals surface area contributed by atoms with Gasteiger partial charge in [-0.05, 0) is 81.0 Å². The lowest BCUT2D eigenvalue weighted by molar-refractivity contribution is -0.142. The van der Waals surface area contributed by atoms with Crippen LogP contribution in [0.1, 0.15) is 57.6 Å². The van der Waals surface area contributed by atoms with Gasteiger partial charge in [-0.3, -0.25) is 29.3 Å². The summed E-state index contributed by atoms with van der Waals surface area (Å²) in [7, 11) is 0. The van der Waals surface area contributed by atoms with Crippen LogP contribution < -0.4 is 26.0 Å². The van der Waals surface area contributed by atoms with Gasteiger partial charge in [0.05, 0.1) is 62.6 Å². The summed E-state index contributed by atoms with van der Waals surface area (Å²) < 4.78 is 37.5. The van der Waals surface area contributed by atoms with E-state index in [0.717, 1.165) is 5.69 Å². The number of allylic oxidation sites excluding steroid dienone is 1. The summed E-state index contributed by atoms with van der Waals surface area (Å²) in [6.07, 6.45) is 7.52. The Morgan fingerprint density at radius 3 is 2.48 bits per heavy atom. The predicted molar refractivity (Wildman–Crippen MR) is 237 cm³/mol. The highest BCUT2D eigenvalue weighted by molar-refractivity contribution is 7.13. The normalized spacial score (nSPS) is 20.3. The van der Waals surface area contributed by atoms with Gasteiger partial charge < -0.3 is 39.8 Å². The van der Waals surface area contributed by atoms with E-state index in [9.17, 15) is 28.4 Å². The first-order chi connectivity index (χ1) is 30.9. The molecule has 4 N–H and O–H groups in total. The highest BCUT2D eigenvalue weighted by Crippen LogP contribution is 2.41. The minimum Gasteiger partial charge on any atom is -0.487 e. The van der Waals surface area contributed by atoms with Crippen molar-refractivity contribution in [2.24, 2.45) is 5.41 Å². The monoisotopic (exact) mass is 921 g/mol. The lowest BCUT2D eigenvalue weighted by Gasteiger charge is -2.39. The number of piperidine rings is 1. The van der Waals surface area contributed by atoms with Gasteiger partial charge in [-0.25, -0.2) is 14.4 Å². The van der Waals surface area contributed by atoms with Crippen LogP contribution in [0.5, 0.6) is 5.75 Å². The Kier molecular flexibility index (Phi) is 17.5. The average molecular weight is 922 g/mol. The molecule has 1 atom stereocenters. The fraction of sp³-hybridized carbons (Fsp3) is 0.444. The summed E-state index contributed by atoms with van der Waals surface area (Å²) in [4.78, 5) is 73.8. The lowest BCUT2D eigenvalue weighted by atomic mass is 9.69. The summed E-state index contributed by atoms with van der Waals surface area (Å²) in [5.74, 6) is -1.43. The van der Waals surface area contributed by atoms with Crippen molar-refractivity contribution in [3.8, 4) is 5.75 Å². The number of nitrogens with one attached hydrogen (secondary N) is 4. The lowest BCUT2D eigenvalue weighted by Crippen LogP contribution is -2.53. The van der Waals surface area contributed by atoms with Crippen LogP contribution in [0, 0.1) is 11.2 Å². The minimum absolute atomic E-state index is 0.00920. The second-order valence-electron chi connectivity index (χ2n) is 15.5. The fourth-order valence-corrected chi connectivity index (χ4v) is 8.39. The quantitative estimate of drug-likeness (QED) is 0.0543. The Labute approximate surface area is 380 Å². The molecule has 6 rings (SSSR count). The van der Waals surface area contributed by atoms with Crippen LogP contribution in [0.4, 0.5) is 15.3 Å². The number of imide groups is 1. The number of halogens is 2. The van der Waals surface area contributed by atoms with Crippen molar-refractivity contribution in [2.75, 3.05) is 58.0 Å². The first kappa shape index (κ1) is 47.9. The van der Waals surface area contributed by atoms with Gasteiger partial charge >= 0.3 is 0 Å². The molecule has 3 aliphatic rings. The number of rotatable bonds is 23. The number of ether oxygens (including phenoxy) is 4. The van der Waals surface area contributed by atoms with Gasteiger partial charge in [0.2, 0.25) is 23.6 Å². The summed E-state index contributed by atoms with van der Waals surface area (Å²) in [5, 5.41) is 13.9. The predicted octanol–water partition coefficient (Wildman–Crippen LogP) is 5.33. The van der Waals surface area contributed by atoms with Crippen LogP contribution >= 0.6 is 22.9 Å². The van der Waals surface area contributed by atoms with Crippen LogP contribution in [0.3, 0.4) is 0 Å². The van der Waals surface area contributed by atoms with E-state index in [1.165, 1.54) is 28.4 Å². The highest BCUT2D eigenvalue weighted by Gasteiger charge is 2.43. The van der Waals surface area contributed by atoms with Gasteiger partial charge in [0, 0.05) is 54.5 Å². The van der Waals surface area contributed by atoms with Crippen molar-refractivity contribution in [3.05, 3.63) is 100 Å². The topological polar surface area (TPSA) is 199 Å². The Bertz CT molecular complexity index is 2210. The van der Waals surface area contributed by atoms with E-state index >= 15 is 0 Å². The molecule has 2 aromatic heterocycles. The molecule has 3 aromatic rings. The molecule has 1 saturated heterocycles. The third kappa shape index (κ3) is 13.3. The van der Waals surface area contributed by atoms with Crippen molar-refractivity contribution in [2.45, 2.75) is 70.4 Å². The molecular weight excluding hydrogens is 869 g/mol. The van der Waals surface area contributed by atoms with E-state index in [4.69, 9.17) is 35.5 Å². The summed E-state index contributed by atoms with van der Waals surface area (Å²) >= 11 is 7.43. The summed E-state index contributed by atoms with van der Waals surface area (Å²) in [5.41, 5.74) is 1.48. The van der Waals surface area contributed by atoms with Crippen LogP contribution in [0.15, 0.2) is 83.5 Å². The Hall–Kier alpha value is -5.53. The van der Waals surface area contributed by atoms with Gasteiger partial charge in [0.15, 0.2) is 16.7 Å². The number of hydrogen-bond acceptors (Lipinski definition) is 13. The molecule has 2 aliphatic heterocycles. The number of hydrogen-bond donors (Lipinski definition) is 4. The Morgan fingerprint density at radius 1 is 1.03 bits per heavy atom. The van der Waals surface area contributed by atoms with Crippen molar-refractivity contribution < 1.29 is 47.3 Å². The number of benzene rings is 1. The second kappa shape index (κ2) is 23.4. The van der Waals surface area contributed by atoms with Gasteiger partial charge in [0.1, 0.15) is 11.9 Å². The van der Waals surface area contributed by atoms with Crippen molar-refractivity contribution in [1.82, 2.24) is 30.8 Å². The third-order valence-electron chi connectivity index (χ3n) is 11.1. The number of anilines is 2. The van der Waals surface area contributed by atoms with Crippen LogP contribution in [0.2, 0.25) is 5.02 Å². The van der Waals surface area contributed by atoms with Crippen molar-refractivity contribution in [3.63, 3.8) is 0 Å².